The van der Waals surface area contributed by atoms with Gasteiger partial charge in [-0.25, -0.2) is 4.98 Å². The first-order valence-electron chi connectivity index (χ1n) is 8.35. The Morgan fingerprint density at radius 2 is 2.00 bits per heavy atom. The van der Waals surface area contributed by atoms with Crippen LogP contribution in [0.3, 0.4) is 0 Å². The summed E-state index contributed by atoms with van der Waals surface area (Å²) < 4.78 is 2.26. The molecule has 2 rings (SSSR count). The lowest BCUT2D eigenvalue weighted by Gasteiger charge is -2.11. The molecule has 120 valence electrons. The first kappa shape index (κ1) is 16.5. The van der Waals surface area contributed by atoms with E-state index in [0.29, 0.717) is 6.54 Å². The van der Waals surface area contributed by atoms with Gasteiger partial charge in [-0.05, 0) is 18.6 Å². The summed E-state index contributed by atoms with van der Waals surface area (Å²) in [4.78, 5) is 16.5. The van der Waals surface area contributed by atoms with Gasteiger partial charge in [-0.1, -0.05) is 52.2 Å². The standard InChI is InChI=1S/C18H27N3O/c1-4-5-6-9-12-21-16-11-8-7-10-15(16)20-17(21)13-19-18(22)14(2)3/h7-8,10-11,14H,4-6,9,12-13H2,1-3H3,(H,19,22). The number of carbonyl (C=O) groups is 1. The number of hydrogen-bond acceptors (Lipinski definition) is 2. The Balaban J connectivity index is 2.14. The number of carbonyl (C=O) groups excluding carboxylic acids is 1. The van der Waals surface area contributed by atoms with Gasteiger partial charge in [0.15, 0.2) is 0 Å². The molecular weight excluding hydrogens is 274 g/mol. The number of fused-ring (bicyclic) bond motifs is 1. The summed E-state index contributed by atoms with van der Waals surface area (Å²) in [5.41, 5.74) is 2.17. The van der Waals surface area contributed by atoms with Gasteiger partial charge in [0, 0.05) is 12.5 Å². The molecule has 1 aromatic heterocycles. The zero-order chi connectivity index (χ0) is 15.9. The first-order valence-corrected chi connectivity index (χ1v) is 8.35. The average molecular weight is 301 g/mol. The van der Waals surface area contributed by atoms with E-state index in [-0.39, 0.29) is 11.8 Å². The third kappa shape index (κ3) is 4.09. The highest BCUT2D eigenvalue weighted by Gasteiger charge is 2.12. The lowest BCUT2D eigenvalue weighted by Crippen LogP contribution is -2.28. The van der Waals surface area contributed by atoms with Gasteiger partial charge in [-0.3, -0.25) is 4.79 Å². The van der Waals surface area contributed by atoms with Gasteiger partial charge in [0.05, 0.1) is 17.6 Å². The van der Waals surface area contributed by atoms with Gasteiger partial charge in [0.1, 0.15) is 5.82 Å². The summed E-state index contributed by atoms with van der Waals surface area (Å²) in [7, 11) is 0. The Kier molecular flexibility index (Phi) is 5.99. The zero-order valence-electron chi connectivity index (χ0n) is 13.9. The fraction of sp³-hybridized carbons (Fsp3) is 0.556. The van der Waals surface area contributed by atoms with Crippen LogP contribution in [-0.4, -0.2) is 15.5 Å². The Labute approximate surface area is 132 Å². The summed E-state index contributed by atoms with van der Waals surface area (Å²) >= 11 is 0. The highest BCUT2D eigenvalue weighted by molar-refractivity contribution is 5.78. The second-order valence-electron chi connectivity index (χ2n) is 6.10. The lowest BCUT2D eigenvalue weighted by molar-refractivity contribution is -0.124. The van der Waals surface area contributed by atoms with Crippen molar-refractivity contribution in [2.24, 2.45) is 5.92 Å². The molecule has 0 aliphatic carbocycles. The fourth-order valence-corrected chi connectivity index (χ4v) is 2.58. The van der Waals surface area contributed by atoms with Gasteiger partial charge in [-0.15, -0.1) is 0 Å². The number of para-hydroxylation sites is 2. The van der Waals surface area contributed by atoms with Crippen molar-refractivity contribution >= 4 is 16.9 Å². The van der Waals surface area contributed by atoms with Crippen LogP contribution in [0.2, 0.25) is 0 Å². The maximum absolute atomic E-state index is 11.8. The van der Waals surface area contributed by atoms with Crippen LogP contribution in [0, 0.1) is 5.92 Å². The van der Waals surface area contributed by atoms with E-state index in [1.54, 1.807) is 0 Å². The number of imidazole rings is 1. The van der Waals surface area contributed by atoms with Crippen molar-refractivity contribution in [3.05, 3.63) is 30.1 Å². The molecule has 0 fully saturated rings. The highest BCUT2D eigenvalue weighted by atomic mass is 16.1. The van der Waals surface area contributed by atoms with Gasteiger partial charge in [0.2, 0.25) is 5.91 Å². The fourth-order valence-electron chi connectivity index (χ4n) is 2.58. The molecule has 0 saturated heterocycles. The molecule has 4 heteroatoms. The molecule has 22 heavy (non-hydrogen) atoms. The summed E-state index contributed by atoms with van der Waals surface area (Å²) in [6.45, 7) is 7.50. The third-order valence-electron chi connectivity index (χ3n) is 3.91. The number of amides is 1. The number of unbranched alkanes of at least 4 members (excludes halogenated alkanes) is 3. The maximum atomic E-state index is 11.8. The minimum absolute atomic E-state index is 0.00221. The molecule has 1 heterocycles. The molecule has 0 aliphatic rings. The van der Waals surface area contributed by atoms with Crippen LogP contribution in [-0.2, 0) is 17.9 Å². The van der Waals surface area contributed by atoms with Crippen molar-refractivity contribution in [2.75, 3.05) is 0 Å². The molecule has 1 amide bonds. The number of nitrogens with zero attached hydrogens (tertiary/aromatic N) is 2. The molecule has 0 saturated carbocycles. The number of benzene rings is 1. The smallest absolute Gasteiger partial charge is 0.222 e. The number of aromatic nitrogens is 2. The van der Waals surface area contributed by atoms with Crippen LogP contribution >= 0.6 is 0 Å². The zero-order valence-corrected chi connectivity index (χ0v) is 13.9. The molecule has 1 N–H and O–H groups in total. The van der Waals surface area contributed by atoms with Crippen LogP contribution in [0.4, 0.5) is 0 Å². The van der Waals surface area contributed by atoms with Crippen molar-refractivity contribution in [1.29, 1.82) is 0 Å². The summed E-state index contributed by atoms with van der Waals surface area (Å²) in [5, 5.41) is 2.98. The third-order valence-corrected chi connectivity index (χ3v) is 3.91. The van der Waals surface area contributed by atoms with Crippen LogP contribution in [0.15, 0.2) is 24.3 Å². The predicted octanol–water partition coefficient (Wildman–Crippen LogP) is 3.89. The normalized spacial score (nSPS) is 11.3. The molecule has 0 unspecified atom stereocenters. The Hall–Kier alpha value is -1.84. The Morgan fingerprint density at radius 3 is 2.73 bits per heavy atom. The topological polar surface area (TPSA) is 46.9 Å². The van der Waals surface area contributed by atoms with Crippen molar-refractivity contribution in [1.82, 2.24) is 14.9 Å². The first-order chi connectivity index (χ1) is 10.6. The molecule has 2 aromatic rings. The van der Waals surface area contributed by atoms with E-state index >= 15 is 0 Å². The molecule has 0 radical (unpaired) electrons. The minimum Gasteiger partial charge on any atom is -0.349 e. The number of rotatable bonds is 8. The van der Waals surface area contributed by atoms with Gasteiger partial charge in [-0.2, -0.15) is 0 Å². The number of aryl methyl sites for hydroxylation is 1. The van der Waals surface area contributed by atoms with Crippen LogP contribution in [0.1, 0.15) is 52.3 Å². The second-order valence-corrected chi connectivity index (χ2v) is 6.10. The minimum atomic E-state index is 0.00221. The van der Waals surface area contributed by atoms with E-state index in [9.17, 15) is 4.79 Å². The monoisotopic (exact) mass is 301 g/mol. The van der Waals surface area contributed by atoms with Crippen LogP contribution < -0.4 is 5.32 Å². The summed E-state index contributed by atoms with van der Waals surface area (Å²) in [5.74, 6) is 1.03. The quantitative estimate of drug-likeness (QED) is 0.752. The van der Waals surface area contributed by atoms with E-state index in [1.807, 2.05) is 32.0 Å². The summed E-state index contributed by atoms with van der Waals surface area (Å²) in [6.07, 6.45) is 4.90. The van der Waals surface area contributed by atoms with E-state index in [4.69, 9.17) is 4.98 Å². The lowest BCUT2D eigenvalue weighted by atomic mass is 10.2. The molecule has 0 atom stereocenters. The molecule has 0 bridgehead atoms. The van der Waals surface area contributed by atoms with E-state index in [0.717, 1.165) is 29.8 Å². The SMILES string of the molecule is CCCCCCn1c(CNC(=O)C(C)C)nc2ccccc21. The Bertz CT molecular complexity index is 616. The van der Waals surface area contributed by atoms with E-state index < -0.39 is 0 Å². The van der Waals surface area contributed by atoms with E-state index in [2.05, 4.69) is 22.9 Å². The van der Waals surface area contributed by atoms with Crippen molar-refractivity contribution in [2.45, 2.75) is 59.5 Å². The van der Waals surface area contributed by atoms with Crippen molar-refractivity contribution < 1.29 is 4.79 Å². The average Bonchev–Trinajstić information content (AvgIpc) is 2.87. The van der Waals surface area contributed by atoms with Crippen LogP contribution in [0.5, 0.6) is 0 Å². The van der Waals surface area contributed by atoms with Crippen LogP contribution in [0.25, 0.3) is 11.0 Å². The summed E-state index contributed by atoms with van der Waals surface area (Å²) in [6, 6.07) is 8.19. The molecular formula is C18H27N3O. The molecule has 0 spiro atoms. The predicted molar refractivity (Wildman–Crippen MR) is 90.6 cm³/mol. The largest absolute Gasteiger partial charge is 0.349 e. The molecule has 4 nitrogen and oxygen atoms in total. The van der Waals surface area contributed by atoms with E-state index in [1.165, 1.54) is 19.3 Å². The number of hydrogen-bond donors (Lipinski definition) is 1. The van der Waals surface area contributed by atoms with Gasteiger partial charge < -0.3 is 9.88 Å². The molecule has 0 aliphatic heterocycles. The highest BCUT2D eigenvalue weighted by Crippen LogP contribution is 2.17. The van der Waals surface area contributed by atoms with Gasteiger partial charge >= 0.3 is 0 Å². The van der Waals surface area contributed by atoms with Gasteiger partial charge in [0.25, 0.3) is 0 Å². The Morgan fingerprint density at radius 1 is 1.23 bits per heavy atom. The van der Waals surface area contributed by atoms with Crippen molar-refractivity contribution in [3.63, 3.8) is 0 Å². The molecule has 1 aromatic carbocycles. The number of nitrogens with one attached hydrogen (secondary N) is 1. The van der Waals surface area contributed by atoms with Crippen molar-refractivity contribution in [3.8, 4) is 0 Å². The second kappa shape index (κ2) is 7.97. The maximum Gasteiger partial charge on any atom is 0.222 e.